The predicted molar refractivity (Wildman–Crippen MR) is 139 cm³/mol. The van der Waals surface area contributed by atoms with E-state index in [1.54, 1.807) is 0 Å². The number of rotatable bonds is 5. The van der Waals surface area contributed by atoms with Crippen molar-refractivity contribution in [2.45, 2.75) is 25.4 Å². The van der Waals surface area contributed by atoms with Gasteiger partial charge >= 0.3 is 0 Å². The van der Waals surface area contributed by atoms with Crippen LogP contribution in [0.3, 0.4) is 0 Å². The van der Waals surface area contributed by atoms with Gasteiger partial charge in [-0.05, 0) is 66.9 Å². The van der Waals surface area contributed by atoms with Crippen molar-refractivity contribution in [3.63, 3.8) is 0 Å². The average Bonchev–Trinajstić information content (AvgIpc) is 3.48. The summed E-state index contributed by atoms with van der Waals surface area (Å²) in [6.07, 6.45) is 8.13. The van der Waals surface area contributed by atoms with Crippen LogP contribution in [0.5, 0.6) is 0 Å². The first-order chi connectivity index (χ1) is 17.1. The van der Waals surface area contributed by atoms with Gasteiger partial charge < -0.3 is 25.4 Å². The Labute approximate surface area is 204 Å². The summed E-state index contributed by atoms with van der Waals surface area (Å²) in [5, 5.41) is 10.9. The zero-order valence-corrected chi connectivity index (χ0v) is 20.0. The SMILES string of the molecule is CN[C@H]1CCCN(c2ccc(Nc3ccc(-c4ccnc5c4ccn5C)c4c3C(=O)NC4)nc2)C1. The molecule has 0 spiro atoms. The normalized spacial score (nSPS) is 17.5. The van der Waals surface area contributed by atoms with E-state index in [1.165, 1.54) is 12.8 Å². The quantitative estimate of drug-likeness (QED) is 0.414. The first kappa shape index (κ1) is 21.6. The number of aryl methyl sites for hydroxylation is 1. The van der Waals surface area contributed by atoms with Gasteiger partial charge in [-0.15, -0.1) is 0 Å². The van der Waals surface area contributed by atoms with Gasteiger partial charge in [-0.25, -0.2) is 9.97 Å². The lowest BCUT2D eigenvalue weighted by Gasteiger charge is -2.34. The number of aromatic nitrogens is 3. The van der Waals surface area contributed by atoms with Crippen molar-refractivity contribution in [3.05, 3.63) is 66.1 Å². The lowest BCUT2D eigenvalue weighted by atomic mass is 9.94. The molecule has 3 N–H and O–H groups in total. The summed E-state index contributed by atoms with van der Waals surface area (Å²) in [5.41, 5.74) is 6.63. The van der Waals surface area contributed by atoms with E-state index < -0.39 is 0 Å². The van der Waals surface area contributed by atoms with Crippen LogP contribution in [0.15, 0.2) is 55.0 Å². The number of anilines is 3. The molecule has 8 heteroatoms. The van der Waals surface area contributed by atoms with E-state index in [9.17, 15) is 4.79 Å². The van der Waals surface area contributed by atoms with E-state index in [0.717, 1.165) is 58.0 Å². The smallest absolute Gasteiger partial charge is 0.254 e. The van der Waals surface area contributed by atoms with Crippen molar-refractivity contribution in [2.75, 3.05) is 30.4 Å². The second kappa shape index (κ2) is 8.70. The summed E-state index contributed by atoms with van der Waals surface area (Å²) in [4.78, 5) is 24.4. The number of nitrogens with zero attached hydrogens (tertiary/aromatic N) is 4. The van der Waals surface area contributed by atoms with Gasteiger partial charge in [0.2, 0.25) is 0 Å². The van der Waals surface area contributed by atoms with Crippen molar-refractivity contribution >= 4 is 34.1 Å². The molecule has 2 aliphatic heterocycles. The number of fused-ring (bicyclic) bond motifs is 2. The Morgan fingerprint density at radius 1 is 1.09 bits per heavy atom. The minimum Gasteiger partial charge on any atom is -0.369 e. The number of nitrogens with one attached hydrogen (secondary N) is 3. The average molecular weight is 468 g/mol. The van der Waals surface area contributed by atoms with Crippen molar-refractivity contribution < 1.29 is 4.79 Å². The molecule has 35 heavy (non-hydrogen) atoms. The van der Waals surface area contributed by atoms with Gasteiger partial charge in [0.05, 0.1) is 23.1 Å². The van der Waals surface area contributed by atoms with Crippen LogP contribution in [-0.2, 0) is 13.6 Å². The van der Waals surface area contributed by atoms with Crippen LogP contribution in [0.25, 0.3) is 22.2 Å². The highest BCUT2D eigenvalue weighted by atomic mass is 16.1. The standard InChI is InChI=1S/C27H29N7O/c1-28-17-4-3-12-34(16-17)18-5-8-24(30-14-18)32-23-7-6-19(22-15-31-27(35)25(22)23)20-9-11-29-26-21(20)10-13-33(26)2/h5-11,13-14,17,28H,3-4,12,15-16H2,1-2H3,(H,30,32)(H,31,35)/t17-/m0/s1. The lowest BCUT2D eigenvalue weighted by molar-refractivity contribution is 0.0966. The Morgan fingerprint density at radius 3 is 2.83 bits per heavy atom. The van der Waals surface area contributed by atoms with Gasteiger partial charge in [0.15, 0.2) is 0 Å². The summed E-state index contributed by atoms with van der Waals surface area (Å²) in [7, 11) is 4.01. The van der Waals surface area contributed by atoms with Crippen LogP contribution >= 0.6 is 0 Å². The van der Waals surface area contributed by atoms with Crippen molar-refractivity contribution in [2.24, 2.45) is 7.05 Å². The highest BCUT2D eigenvalue weighted by Crippen LogP contribution is 2.37. The number of hydrogen-bond donors (Lipinski definition) is 3. The number of likely N-dealkylation sites (N-methyl/N-ethyl adjacent to an activating group) is 1. The third-order valence-corrected chi connectivity index (χ3v) is 7.23. The zero-order chi connectivity index (χ0) is 23.9. The topological polar surface area (TPSA) is 87.1 Å². The number of carbonyl (C=O) groups is 1. The largest absolute Gasteiger partial charge is 0.369 e. The Bertz CT molecular complexity index is 1410. The summed E-state index contributed by atoms with van der Waals surface area (Å²) < 4.78 is 2.01. The fraction of sp³-hybridized carbons (Fsp3) is 0.296. The first-order valence-corrected chi connectivity index (χ1v) is 12.1. The predicted octanol–water partition coefficient (Wildman–Crippen LogP) is 3.81. The molecule has 4 aromatic rings. The maximum atomic E-state index is 12.8. The second-order valence-electron chi connectivity index (χ2n) is 9.32. The van der Waals surface area contributed by atoms with E-state index in [4.69, 9.17) is 0 Å². The van der Waals surface area contributed by atoms with Gasteiger partial charge in [-0.3, -0.25) is 4.79 Å². The number of piperidine rings is 1. The Hall–Kier alpha value is -3.91. The van der Waals surface area contributed by atoms with E-state index >= 15 is 0 Å². The Kier molecular flexibility index (Phi) is 5.37. The second-order valence-corrected chi connectivity index (χ2v) is 9.32. The summed E-state index contributed by atoms with van der Waals surface area (Å²) >= 11 is 0. The molecule has 0 unspecified atom stereocenters. The minimum absolute atomic E-state index is 0.0641. The maximum Gasteiger partial charge on any atom is 0.254 e. The molecular weight excluding hydrogens is 438 g/mol. The Morgan fingerprint density at radius 2 is 2.00 bits per heavy atom. The molecule has 0 aliphatic carbocycles. The minimum atomic E-state index is -0.0641. The van der Waals surface area contributed by atoms with Crippen LogP contribution in [0.4, 0.5) is 17.2 Å². The molecule has 0 saturated carbocycles. The van der Waals surface area contributed by atoms with Gasteiger partial charge in [0, 0.05) is 50.5 Å². The fourth-order valence-corrected chi connectivity index (χ4v) is 5.34. The van der Waals surface area contributed by atoms with Gasteiger partial charge in [-0.1, -0.05) is 6.07 Å². The van der Waals surface area contributed by atoms with Crippen LogP contribution in [0, 0.1) is 0 Å². The molecule has 1 atom stereocenters. The first-order valence-electron chi connectivity index (χ1n) is 12.1. The summed E-state index contributed by atoms with van der Waals surface area (Å²) in [6.45, 7) is 2.54. The summed E-state index contributed by atoms with van der Waals surface area (Å²) in [6, 6.07) is 12.8. The molecule has 1 amide bonds. The molecule has 0 bridgehead atoms. The molecule has 1 fully saturated rings. The van der Waals surface area contributed by atoms with Crippen LogP contribution in [0.2, 0.25) is 0 Å². The molecule has 1 aromatic carbocycles. The molecule has 0 radical (unpaired) electrons. The number of benzene rings is 1. The van der Waals surface area contributed by atoms with E-state index in [0.29, 0.717) is 18.2 Å². The maximum absolute atomic E-state index is 12.8. The Balaban J connectivity index is 1.31. The molecule has 8 nitrogen and oxygen atoms in total. The van der Waals surface area contributed by atoms with Gasteiger partial charge in [0.1, 0.15) is 11.5 Å². The third kappa shape index (κ3) is 3.80. The van der Waals surface area contributed by atoms with Crippen molar-refractivity contribution in [1.29, 1.82) is 0 Å². The van der Waals surface area contributed by atoms with Crippen LogP contribution in [-0.4, -0.2) is 46.6 Å². The molecular formula is C27H29N7O. The van der Waals surface area contributed by atoms with Crippen molar-refractivity contribution in [1.82, 2.24) is 25.2 Å². The van der Waals surface area contributed by atoms with Gasteiger partial charge in [-0.2, -0.15) is 0 Å². The van der Waals surface area contributed by atoms with Crippen LogP contribution in [0.1, 0.15) is 28.8 Å². The number of carbonyl (C=O) groups excluding carboxylic acids is 1. The van der Waals surface area contributed by atoms with E-state index in [1.807, 2.05) is 55.5 Å². The van der Waals surface area contributed by atoms with Crippen LogP contribution < -0.4 is 20.9 Å². The number of amides is 1. The van der Waals surface area contributed by atoms with E-state index in [2.05, 4.69) is 49.0 Å². The summed E-state index contributed by atoms with van der Waals surface area (Å²) in [5.74, 6) is 0.658. The molecule has 178 valence electrons. The third-order valence-electron chi connectivity index (χ3n) is 7.23. The fourth-order valence-electron chi connectivity index (χ4n) is 5.34. The molecule has 5 heterocycles. The molecule has 3 aromatic heterocycles. The number of hydrogen-bond acceptors (Lipinski definition) is 6. The highest BCUT2D eigenvalue weighted by molar-refractivity contribution is 6.07. The monoisotopic (exact) mass is 467 g/mol. The molecule has 6 rings (SSSR count). The van der Waals surface area contributed by atoms with Gasteiger partial charge in [0.25, 0.3) is 5.91 Å². The molecule has 1 saturated heterocycles. The lowest BCUT2D eigenvalue weighted by Crippen LogP contribution is -2.44. The molecule has 2 aliphatic rings. The zero-order valence-electron chi connectivity index (χ0n) is 20.0. The highest BCUT2D eigenvalue weighted by Gasteiger charge is 2.27. The van der Waals surface area contributed by atoms with Crippen molar-refractivity contribution in [3.8, 4) is 11.1 Å². The van der Waals surface area contributed by atoms with E-state index in [-0.39, 0.29) is 5.91 Å². The number of pyridine rings is 2.